The van der Waals surface area contributed by atoms with Gasteiger partial charge in [0, 0.05) is 23.7 Å². The van der Waals surface area contributed by atoms with Crippen LogP contribution in [0.2, 0.25) is 0 Å². The van der Waals surface area contributed by atoms with E-state index in [4.69, 9.17) is 0 Å². The zero-order chi connectivity index (χ0) is 17.2. The number of aryl methyl sites for hydroxylation is 1. The second-order valence-electron chi connectivity index (χ2n) is 5.37. The maximum absolute atomic E-state index is 12.4. The van der Waals surface area contributed by atoms with E-state index in [1.165, 1.54) is 33.3 Å². The molecule has 5 nitrogen and oxygen atoms in total. The van der Waals surface area contributed by atoms with Crippen molar-refractivity contribution < 1.29 is 9.90 Å². The van der Waals surface area contributed by atoms with E-state index in [0.29, 0.717) is 0 Å². The number of hydrogen-bond donors (Lipinski definition) is 2. The fourth-order valence-corrected chi connectivity index (χ4v) is 3.99. The lowest BCUT2D eigenvalue weighted by Gasteiger charge is -2.27. The Balaban J connectivity index is 1.86. The maximum atomic E-state index is 12.4. The van der Waals surface area contributed by atoms with E-state index in [1.807, 2.05) is 34.3 Å². The van der Waals surface area contributed by atoms with E-state index < -0.39 is 11.5 Å². The molecule has 0 radical (unpaired) electrons. The van der Waals surface area contributed by atoms with Gasteiger partial charge in [0.1, 0.15) is 11.2 Å². The predicted molar refractivity (Wildman–Crippen MR) is 95.7 cm³/mol. The van der Waals surface area contributed by atoms with Gasteiger partial charge in [-0.25, -0.2) is 0 Å². The molecule has 3 rings (SSSR count). The molecule has 7 heteroatoms. The van der Waals surface area contributed by atoms with Crippen molar-refractivity contribution >= 4 is 28.6 Å². The minimum absolute atomic E-state index is 0.0128. The number of nitrogens with one attached hydrogen (secondary N) is 1. The zero-order valence-electron chi connectivity index (χ0n) is 12.9. The topological polar surface area (TPSA) is 71.3 Å². The highest BCUT2D eigenvalue weighted by atomic mass is 32.1. The van der Waals surface area contributed by atoms with Crippen molar-refractivity contribution in [3.05, 3.63) is 79.0 Å². The number of thiophene rings is 2. The first-order chi connectivity index (χ1) is 11.5. The highest BCUT2D eigenvalue weighted by Crippen LogP contribution is 2.33. The summed E-state index contributed by atoms with van der Waals surface area (Å²) < 4.78 is 1.35. The van der Waals surface area contributed by atoms with Crippen LogP contribution in [0, 0.1) is 0 Å². The fraction of sp³-hybridized carbons (Fsp3) is 0.176. The van der Waals surface area contributed by atoms with E-state index in [9.17, 15) is 14.7 Å². The number of amides is 1. The summed E-state index contributed by atoms with van der Waals surface area (Å²) in [6.45, 7) is -0.0128. The number of nitrogens with zero attached hydrogens (tertiary/aromatic N) is 1. The molecule has 3 aromatic rings. The summed E-state index contributed by atoms with van der Waals surface area (Å²) in [7, 11) is 1.59. The van der Waals surface area contributed by atoms with Crippen LogP contribution in [0.1, 0.15) is 20.8 Å². The van der Waals surface area contributed by atoms with Gasteiger partial charge in [0.25, 0.3) is 11.5 Å². The monoisotopic (exact) mass is 360 g/mol. The van der Waals surface area contributed by atoms with Gasteiger partial charge in [-0.3, -0.25) is 9.59 Å². The van der Waals surface area contributed by atoms with Crippen LogP contribution in [0.15, 0.2) is 57.5 Å². The van der Waals surface area contributed by atoms with Crippen molar-refractivity contribution in [1.29, 1.82) is 0 Å². The average Bonchev–Trinajstić information content (AvgIpc) is 3.28. The smallest absolute Gasteiger partial charge is 0.263 e. The lowest BCUT2D eigenvalue weighted by Crippen LogP contribution is -2.42. The van der Waals surface area contributed by atoms with Gasteiger partial charge >= 0.3 is 0 Å². The first kappa shape index (κ1) is 16.6. The molecule has 1 atom stereocenters. The number of rotatable bonds is 5. The average molecular weight is 360 g/mol. The van der Waals surface area contributed by atoms with Gasteiger partial charge in [-0.05, 0) is 40.4 Å². The number of aromatic nitrogens is 1. The summed E-state index contributed by atoms with van der Waals surface area (Å²) in [5, 5.41) is 19.5. The van der Waals surface area contributed by atoms with E-state index in [2.05, 4.69) is 5.32 Å². The third kappa shape index (κ3) is 3.06. The SMILES string of the molecule is Cn1cccc(C(=O)NC[C@@](O)(c2ccsc2)c2cccs2)c1=O. The molecule has 124 valence electrons. The summed E-state index contributed by atoms with van der Waals surface area (Å²) in [5.74, 6) is -0.499. The normalized spacial score (nSPS) is 13.4. The van der Waals surface area contributed by atoms with Crippen LogP contribution in [0.3, 0.4) is 0 Å². The maximum Gasteiger partial charge on any atom is 0.263 e. The van der Waals surface area contributed by atoms with Crippen molar-refractivity contribution in [2.75, 3.05) is 6.54 Å². The number of hydrogen-bond acceptors (Lipinski definition) is 5. The van der Waals surface area contributed by atoms with Crippen LogP contribution >= 0.6 is 22.7 Å². The molecule has 0 unspecified atom stereocenters. The Morgan fingerprint density at radius 3 is 2.79 bits per heavy atom. The molecule has 24 heavy (non-hydrogen) atoms. The summed E-state index contributed by atoms with van der Waals surface area (Å²) in [4.78, 5) is 25.1. The number of pyridine rings is 1. The van der Waals surface area contributed by atoms with Crippen molar-refractivity contribution in [2.45, 2.75) is 5.60 Å². The molecule has 0 aliphatic rings. The van der Waals surface area contributed by atoms with Crippen LogP contribution in [-0.4, -0.2) is 22.1 Å². The Morgan fingerprint density at radius 1 is 1.29 bits per heavy atom. The van der Waals surface area contributed by atoms with Crippen LogP contribution in [0.25, 0.3) is 0 Å². The number of carbonyl (C=O) groups is 1. The van der Waals surface area contributed by atoms with E-state index in [1.54, 1.807) is 19.3 Å². The largest absolute Gasteiger partial charge is 0.378 e. The van der Waals surface area contributed by atoms with E-state index in [0.717, 1.165) is 10.4 Å². The molecular formula is C17H16N2O3S2. The summed E-state index contributed by atoms with van der Waals surface area (Å²) in [6, 6.07) is 8.63. The highest BCUT2D eigenvalue weighted by Gasteiger charge is 2.33. The van der Waals surface area contributed by atoms with Gasteiger partial charge in [-0.2, -0.15) is 11.3 Å². The molecule has 0 saturated heterocycles. The summed E-state index contributed by atoms with van der Waals surface area (Å²) >= 11 is 2.90. The van der Waals surface area contributed by atoms with Crippen molar-refractivity contribution in [3.63, 3.8) is 0 Å². The lowest BCUT2D eigenvalue weighted by atomic mass is 9.94. The van der Waals surface area contributed by atoms with Gasteiger partial charge in [-0.1, -0.05) is 6.07 Å². The van der Waals surface area contributed by atoms with Crippen LogP contribution in [0.5, 0.6) is 0 Å². The summed E-state index contributed by atoms with van der Waals surface area (Å²) in [5.41, 5.74) is -0.913. The minimum atomic E-state index is -1.32. The van der Waals surface area contributed by atoms with E-state index >= 15 is 0 Å². The Kier molecular flexibility index (Phi) is 4.66. The third-order valence-electron chi connectivity index (χ3n) is 3.80. The zero-order valence-corrected chi connectivity index (χ0v) is 14.6. The Bertz CT molecular complexity index is 849. The highest BCUT2D eigenvalue weighted by molar-refractivity contribution is 7.10. The van der Waals surface area contributed by atoms with Crippen molar-refractivity contribution in [3.8, 4) is 0 Å². The first-order valence-electron chi connectivity index (χ1n) is 7.25. The number of aliphatic hydroxyl groups is 1. The lowest BCUT2D eigenvalue weighted by molar-refractivity contribution is 0.0720. The molecule has 0 fully saturated rings. The Morgan fingerprint density at radius 2 is 2.12 bits per heavy atom. The van der Waals surface area contributed by atoms with Gasteiger partial charge in [0.2, 0.25) is 0 Å². The molecule has 1 amide bonds. The molecule has 0 aliphatic heterocycles. The molecule has 3 aromatic heterocycles. The molecular weight excluding hydrogens is 344 g/mol. The van der Waals surface area contributed by atoms with Gasteiger partial charge < -0.3 is 15.0 Å². The number of carbonyl (C=O) groups excluding carboxylic acids is 1. The minimum Gasteiger partial charge on any atom is -0.378 e. The van der Waals surface area contributed by atoms with Crippen LogP contribution < -0.4 is 10.9 Å². The second kappa shape index (κ2) is 6.72. The van der Waals surface area contributed by atoms with Gasteiger partial charge in [0.15, 0.2) is 0 Å². The van der Waals surface area contributed by atoms with Crippen molar-refractivity contribution in [1.82, 2.24) is 9.88 Å². The molecule has 0 aromatic carbocycles. The second-order valence-corrected chi connectivity index (χ2v) is 7.10. The third-order valence-corrected chi connectivity index (χ3v) is 5.50. The first-order valence-corrected chi connectivity index (χ1v) is 9.07. The predicted octanol–water partition coefficient (Wildman–Crippen LogP) is 2.17. The van der Waals surface area contributed by atoms with Crippen molar-refractivity contribution in [2.24, 2.45) is 7.05 Å². The van der Waals surface area contributed by atoms with Gasteiger partial charge in [-0.15, -0.1) is 11.3 Å². The Labute approximate surface area is 146 Å². The van der Waals surface area contributed by atoms with Crippen LogP contribution in [-0.2, 0) is 12.6 Å². The van der Waals surface area contributed by atoms with Crippen LogP contribution in [0.4, 0.5) is 0 Å². The van der Waals surface area contributed by atoms with E-state index in [-0.39, 0.29) is 17.7 Å². The molecule has 0 bridgehead atoms. The molecule has 0 saturated carbocycles. The quantitative estimate of drug-likeness (QED) is 0.733. The molecule has 2 N–H and O–H groups in total. The Hall–Kier alpha value is -2.22. The molecule has 3 heterocycles. The molecule has 0 spiro atoms. The fourth-order valence-electron chi connectivity index (χ4n) is 2.42. The standard InChI is InChI=1S/C17H16N2O3S2/c1-19-7-2-4-13(16(19)21)15(20)18-11-17(22,12-6-9-23-10-12)14-5-3-8-24-14/h2-10,22H,11H2,1H3,(H,18,20)/t17-/m1/s1. The summed E-state index contributed by atoms with van der Waals surface area (Å²) in [6.07, 6.45) is 1.59. The van der Waals surface area contributed by atoms with Gasteiger partial charge in [0.05, 0.1) is 6.54 Å². The molecule has 0 aliphatic carbocycles.